The Morgan fingerprint density at radius 1 is 1.17 bits per heavy atom. The molecule has 94 valence electrons. The van der Waals surface area contributed by atoms with E-state index in [-0.39, 0.29) is 6.01 Å². The quantitative estimate of drug-likeness (QED) is 0.880. The summed E-state index contributed by atoms with van der Waals surface area (Å²) >= 11 is 0. The number of hydrogen-bond acceptors (Lipinski definition) is 5. The first-order chi connectivity index (χ1) is 8.63. The third-order valence-electron chi connectivity index (χ3n) is 2.50. The number of methoxy groups -OCH3 is 2. The van der Waals surface area contributed by atoms with E-state index < -0.39 is 5.69 Å². The van der Waals surface area contributed by atoms with Crippen LogP contribution in [-0.4, -0.2) is 29.2 Å². The van der Waals surface area contributed by atoms with Gasteiger partial charge in [-0.15, -0.1) is 4.98 Å². The van der Waals surface area contributed by atoms with Gasteiger partial charge in [-0.1, -0.05) is 0 Å². The zero-order valence-electron chi connectivity index (χ0n) is 10.4. The SMILES string of the molecule is COc1ccc(-c2nc(OC)nc(=O)[nH]2)c(C)c1. The van der Waals surface area contributed by atoms with Gasteiger partial charge in [0.2, 0.25) is 0 Å². The highest BCUT2D eigenvalue weighted by molar-refractivity contribution is 5.61. The fourth-order valence-corrected chi connectivity index (χ4v) is 1.61. The van der Waals surface area contributed by atoms with Crippen LogP contribution in [0.4, 0.5) is 0 Å². The van der Waals surface area contributed by atoms with Gasteiger partial charge in [-0.2, -0.15) is 4.98 Å². The van der Waals surface area contributed by atoms with Crippen molar-refractivity contribution >= 4 is 0 Å². The normalized spacial score (nSPS) is 10.2. The van der Waals surface area contributed by atoms with Gasteiger partial charge >= 0.3 is 11.7 Å². The van der Waals surface area contributed by atoms with Crippen molar-refractivity contribution in [2.45, 2.75) is 6.92 Å². The Balaban J connectivity index is 2.54. The summed E-state index contributed by atoms with van der Waals surface area (Å²) < 4.78 is 10.0. The van der Waals surface area contributed by atoms with E-state index in [1.807, 2.05) is 19.1 Å². The predicted molar refractivity (Wildman–Crippen MR) is 65.9 cm³/mol. The topological polar surface area (TPSA) is 77.1 Å². The molecule has 0 aliphatic heterocycles. The van der Waals surface area contributed by atoms with Crippen molar-refractivity contribution in [3.8, 4) is 23.1 Å². The molecule has 0 atom stereocenters. The molecule has 6 nitrogen and oxygen atoms in total. The van der Waals surface area contributed by atoms with Crippen LogP contribution in [0.2, 0.25) is 0 Å². The van der Waals surface area contributed by atoms with Gasteiger partial charge in [0.15, 0.2) is 0 Å². The number of nitrogens with one attached hydrogen (secondary N) is 1. The maximum absolute atomic E-state index is 11.4. The number of nitrogens with zero attached hydrogens (tertiary/aromatic N) is 2. The Hall–Kier alpha value is -2.37. The number of rotatable bonds is 3. The van der Waals surface area contributed by atoms with Crippen molar-refractivity contribution in [2.24, 2.45) is 0 Å². The minimum absolute atomic E-state index is 0.0453. The average Bonchev–Trinajstić information content (AvgIpc) is 2.37. The first kappa shape index (κ1) is 12.1. The fraction of sp³-hybridized carbons (Fsp3) is 0.250. The van der Waals surface area contributed by atoms with Crippen LogP contribution in [0.25, 0.3) is 11.4 Å². The highest BCUT2D eigenvalue weighted by Crippen LogP contribution is 2.24. The molecule has 0 bridgehead atoms. The van der Waals surface area contributed by atoms with Crippen molar-refractivity contribution in [3.05, 3.63) is 34.2 Å². The number of ether oxygens (including phenoxy) is 2. The number of H-pyrrole nitrogens is 1. The van der Waals surface area contributed by atoms with Gasteiger partial charge in [0.25, 0.3) is 0 Å². The molecular formula is C12H13N3O3. The second-order valence-electron chi connectivity index (χ2n) is 3.67. The molecular weight excluding hydrogens is 234 g/mol. The number of aromatic nitrogens is 3. The summed E-state index contributed by atoms with van der Waals surface area (Å²) in [7, 11) is 3.02. The third kappa shape index (κ3) is 2.32. The maximum Gasteiger partial charge on any atom is 0.351 e. The van der Waals surface area contributed by atoms with Crippen LogP contribution in [0, 0.1) is 6.92 Å². The summed E-state index contributed by atoms with van der Waals surface area (Å²) in [5.74, 6) is 1.17. The lowest BCUT2D eigenvalue weighted by molar-refractivity contribution is 0.377. The lowest BCUT2D eigenvalue weighted by atomic mass is 10.1. The van der Waals surface area contributed by atoms with E-state index in [0.717, 1.165) is 16.9 Å². The molecule has 2 rings (SSSR count). The summed E-state index contributed by atoms with van der Waals surface area (Å²) in [4.78, 5) is 21.6. The third-order valence-corrected chi connectivity index (χ3v) is 2.50. The molecule has 0 aliphatic rings. The van der Waals surface area contributed by atoms with E-state index >= 15 is 0 Å². The average molecular weight is 247 g/mol. The molecule has 0 radical (unpaired) electrons. The lowest BCUT2D eigenvalue weighted by Gasteiger charge is -2.07. The molecule has 0 spiro atoms. The molecule has 0 amide bonds. The van der Waals surface area contributed by atoms with Crippen molar-refractivity contribution in [2.75, 3.05) is 14.2 Å². The zero-order chi connectivity index (χ0) is 13.1. The Labute approximate surface area is 104 Å². The van der Waals surface area contributed by atoms with Crippen LogP contribution in [0.1, 0.15) is 5.56 Å². The van der Waals surface area contributed by atoms with Crippen molar-refractivity contribution in [1.82, 2.24) is 15.0 Å². The van der Waals surface area contributed by atoms with Crippen LogP contribution < -0.4 is 15.2 Å². The van der Waals surface area contributed by atoms with Crippen LogP contribution in [0.5, 0.6) is 11.8 Å². The van der Waals surface area contributed by atoms with Gasteiger partial charge in [0.1, 0.15) is 11.6 Å². The van der Waals surface area contributed by atoms with E-state index in [9.17, 15) is 4.79 Å². The van der Waals surface area contributed by atoms with E-state index in [4.69, 9.17) is 9.47 Å². The van der Waals surface area contributed by atoms with Crippen LogP contribution in [0.15, 0.2) is 23.0 Å². The Morgan fingerprint density at radius 2 is 1.94 bits per heavy atom. The van der Waals surface area contributed by atoms with Gasteiger partial charge in [0, 0.05) is 5.56 Å². The molecule has 1 N–H and O–H groups in total. The standard InChI is InChI=1S/C12H13N3O3/c1-7-6-8(17-2)4-5-9(7)10-13-11(16)15-12(14-10)18-3/h4-6H,1-3H3,(H,13,14,15,16). The van der Waals surface area contributed by atoms with E-state index in [1.54, 1.807) is 13.2 Å². The molecule has 0 saturated heterocycles. The van der Waals surface area contributed by atoms with E-state index in [0.29, 0.717) is 5.82 Å². The van der Waals surface area contributed by atoms with Crippen molar-refractivity contribution in [1.29, 1.82) is 0 Å². The molecule has 0 aliphatic carbocycles. The predicted octanol–water partition coefficient (Wildman–Crippen LogP) is 1.16. The van der Waals surface area contributed by atoms with Gasteiger partial charge in [-0.25, -0.2) is 4.79 Å². The van der Waals surface area contributed by atoms with E-state index in [1.165, 1.54) is 7.11 Å². The molecule has 0 unspecified atom stereocenters. The highest BCUT2D eigenvalue weighted by atomic mass is 16.5. The molecule has 1 aromatic carbocycles. The van der Waals surface area contributed by atoms with Gasteiger partial charge < -0.3 is 9.47 Å². The summed E-state index contributed by atoms with van der Waals surface area (Å²) in [5, 5.41) is 0. The van der Waals surface area contributed by atoms with Crippen molar-refractivity contribution < 1.29 is 9.47 Å². The number of aromatic amines is 1. The van der Waals surface area contributed by atoms with Crippen LogP contribution in [0.3, 0.4) is 0 Å². The summed E-state index contributed by atoms with van der Waals surface area (Å²) in [6.45, 7) is 1.91. The van der Waals surface area contributed by atoms with Crippen LogP contribution in [-0.2, 0) is 0 Å². The molecule has 1 heterocycles. The lowest BCUT2D eigenvalue weighted by Crippen LogP contribution is -2.14. The highest BCUT2D eigenvalue weighted by Gasteiger charge is 2.08. The molecule has 1 aromatic heterocycles. The summed E-state index contributed by atoms with van der Waals surface area (Å²) in [6, 6.07) is 5.53. The maximum atomic E-state index is 11.4. The second-order valence-corrected chi connectivity index (χ2v) is 3.67. The molecule has 0 fully saturated rings. The number of aryl methyl sites for hydroxylation is 1. The molecule has 18 heavy (non-hydrogen) atoms. The first-order valence-corrected chi connectivity index (χ1v) is 5.31. The monoisotopic (exact) mass is 247 g/mol. The fourth-order valence-electron chi connectivity index (χ4n) is 1.61. The minimum Gasteiger partial charge on any atom is -0.497 e. The largest absolute Gasteiger partial charge is 0.497 e. The first-order valence-electron chi connectivity index (χ1n) is 5.31. The molecule has 2 aromatic rings. The van der Waals surface area contributed by atoms with Crippen molar-refractivity contribution in [3.63, 3.8) is 0 Å². The smallest absolute Gasteiger partial charge is 0.351 e. The van der Waals surface area contributed by atoms with Gasteiger partial charge in [0.05, 0.1) is 14.2 Å². The van der Waals surface area contributed by atoms with Gasteiger partial charge in [-0.05, 0) is 30.7 Å². The Morgan fingerprint density at radius 3 is 2.56 bits per heavy atom. The zero-order valence-corrected chi connectivity index (χ0v) is 10.4. The molecule has 6 heteroatoms. The molecule has 0 saturated carbocycles. The number of hydrogen-bond donors (Lipinski definition) is 1. The minimum atomic E-state index is -0.493. The Kier molecular flexibility index (Phi) is 3.27. The summed E-state index contributed by atoms with van der Waals surface area (Å²) in [5.41, 5.74) is 1.24. The van der Waals surface area contributed by atoms with Gasteiger partial charge in [-0.3, -0.25) is 4.98 Å². The second kappa shape index (κ2) is 4.87. The number of benzene rings is 1. The van der Waals surface area contributed by atoms with E-state index in [2.05, 4.69) is 15.0 Å². The Bertz CT molecular complexity index is 622. The summed E-state index contributed by atoms with van der Waals surface area (Å²) in [6.07, 6.45) is 0. The van der Waals surface area contributed by atoms with Crippen LogP contribution >= 0.6 is 0 Å².